The van der Waals surface area contributed by atoms with E-state index in [1.165, 1.54) is 6.39 Å². The van der Waals surface area contributed by atoms with Crippen LogP contribution in [0.4, 0.5) is 5.69 Å². The molecule has 0 unspecified atom stereocenters. The fourth-order valence-corrected chi connectivity index (χ4v) is 1.64. The summed E-state index contributed by atoms with van der Waals surface area (Å²) in [5.41, 5.74) is 1.41. The monoisotopic (exact) mass is 260 g/mol. The van der Waals surface area contributed by atoms with Gasteiger partial charge in [0.05, 0.1) is 12.1 Å². The molecule has 2 N–H and O–H groups in total. The van der Waals surface area contributed by atoms with Gasteiger partial charge in [0.1, 0.15) is 0 Å². The molecule has 0 aliphatic heterocycles. The van der Waals surface area contributed by atoms with E-state index in [0.717, 1.165) is 5.69 Å². The minimum Gasteiger partial charge on any atom is -0.382 e. The summed E-state index contributed by atoms with van der Waals surface area (Å²) in [5, 5.41) is 9.62. The van der Waals surface area contributed by atoms with Crippen LogP contribution in [0.2, 0.25) is 0 Å². The molecule has 1 heterocycles. The number of anilines is 1. The average Bonchev–Trinajstić information content (AvgIpc) is 2.89. The molecule has 0 spiro atoms. The normalized spacial score (nSPS) is 10.5. The van der Waals surface area contributed by atoms with Crippen LogP contribution in [0.25, 0.3) is 0 Å². The van der Waals surface area contributed by atoms with Crippen molar-refractivity contribution >= 4 is 11.6 Å². The molecule has 6 nitrogen and oxygen atoms in total. The topological polar surface area (TPSA) is 80.0 Å². The number of rotatable bonds is 5. The van der Waals surface area contributed by atoms with Crippen molar-refractivity contribution in [2.24, 2.45) is 0 Å². The van der Waals surface area contributed by atoms with E-state index in [4.69, 9.17) is 0 Å². The van der Waals surface area contributed by atoms with E-state index in [0.29, 0.717) is 11.4 Å². The number of benzene rings is 1. The van der Waals surface area contributed by atoms with Crippen LogP contribution in [0, 0.1) is 0 Å². The Morgan fingerprint density at radius 1 is 1.37 bits per heavy atom. The highest BCUT2D eigenvalue weighted by atomic mass is 16.5. The van der Waals surface area contributed by atoms with Gasteiger partial charge >= 0.3 is 0 Å². The molecule has 0 fully saturated rings. The number of hydrogen-bond acceptors (Lipinski definition) is 5. The van der Waals surface area contributed by atoms with Crippen LogP contribution in [0.1, 0.15) is 30.0 Å². The van der Waals surface area contributed by atoms with E-state index in [1.807, 2.05) is 32.0 Å². The minimum atomic E-state index is -0.173. The van der Waals surface area contributed by atoms with Crippen LogP contribution in [0.15, 0.2) is 35.2 Å². The molecule has 0 aliphatic rings. The van der Waals surface area contributed by atoms with Gasteiger partial charge in [0.25, 0.3) is 5.91 Å². The molecule has 0 atom stereocenters. The van der Waals surface area contributed by atoms with Crippen molar-refractivity contribution in [1.29, 1.82) is 0 Å². The summed E-state index contributed by atoms with van der Waals surface area (Å²) in [4.78, 5) is 15.9. The van der Waals surface area contributed by atoms with Gasteiger partial charge in [0.15, 0.2) is 5.82 Å². The van der Waals surface area contributed by atoms with Gasteiger partial charge in [-0.1, -0.05) is 17.3 Å². The number of para-hydroxylation sites is 1. The second-order valence-electron chi connectivity index (χ2n) is 4.37. The lowest BCUT2D eigenvalue weighted by atomic mass is 10.1. The number of carbonyl (C=O) groups is 1. The predicted molar refractivity (Wildman–Crippen MR) is 70.7 cm³/mol. The van der Waals surface area contributed by atoms with Crippen LogP contribution in [0.5, 0.6) is 0 Å². The van der Waals surface area contributed by atoms with Crippen molar-refractivity contribution in [2.45, 2.75) is 26.4 Å². The van der Waals surface area contributed by atoms with Crippen LogP contribution in [0.3, 0.4) is 0 Å². The fourth-order valence-electron chi connectivity index (χ4n) is 1.64. The molecule has 0 radical (unpaired) electrons. The highest BCUT2D eigenvalue weighted by Crippen LogP contribution is 2.15. The Hall–Kier alpha value is -2.37. The van der Waals surface area contributed by atoms with E-state index in [-0.39, 0.29) is 18.5 Å². The van der Waals surface area contributed by atoms with Gasteiger partial charge in [-0.3, -0.25) is 4.79 Å². The lowest BCUT2D eigenvalue weighted by Gasteiger charge is -2.14. The zero-order valence-corrected chi connectivity index (χ0v) is 10.9. The Morgan fingerprint density at radius 3 is 2.84 bits per heavy atom. The van der Waals surface area contributed by atoms with Crippen LogP contribution >= 0.6 is 0 Å². The van der Waals surface area contributed by atoms with Crippen LogP contribution in [-0.2, 0) is 6.54 Å². The second-order valence-corrected chi connectivity index (χ2v) is 4.37. The number of hydrogen-bond donors (Lipinski definition) is 2. The highest BCUT2D eigenvalue weighted by Gasteiger charge is 2.11. The van der Waals surface area contributed by atoms with Gasteiger partial charge in [-0.05, 0) is 26.0 Å². The van der Waals surface area contributed by atoms with Gasteiger partial charge in [0.2, 0.25) is 6.39 Å². The zero-order valence-electron chi connectivity index (χ0n) is 10.9. The Balaban J connectivity index is 2.06. The predicted octanol–water partition coefficient (Wildman–Crippen LogP) is 1.82. The number of amides is 1. The Morgan fingerprint density at radius 2 is 2.16 bits per heavy atom. The van der Waals surface area contributed by atoms with Crippen LogP contribution in [-0.4, -0.2) is 22.1 Å². The van der Waals surface area contributed by atoms with Crippen molar-refractivity contribution in [1.82, 2.24) is 15.5 Å². The lowest BCUT2D eigenvalue weighted by molar-refractivity contribution is 0.0950. The first-order chi connectivity index (χ1) is 9.16. The first kappa shape index (κ1) is 13.1. The third-order valence-corrected chi connectivity index (χ3v) is 2.43. The summed E-state index contributed by atoms with van der Waals surface area (Å²) in [7, 11) is 0. The fraction of sp³-hybridized carbons (Fsp3) is 0.308. The van der Waals surface area contributed by atoms with Crippen molar-refractivity contribution in [3.05, 3.63) is 42.0 Å². The summed E-state index contributed by atoms with van der Waals surface area (Å²) in [6.45, 7) is 4.29. The zero-order chi connectivity index (χ0) is 13.7. The quantitative estimate of drug-likeness (QED) is 0.857. The number of aromatic nitrogens is 2. The molecule has 100 valence electrons. The molecule has 0 bridgehead atoms. The smallest absolute Gasteiger partial charge is 0.253 e. The van der Waals surface area contributed by atoms with Crippen molar-refractivity contribution in [3.63, 3.8) is 0 Å². The molecule has 0 saturated heterocycles. The molecule has 0 saturated carbocycles. The maximum Gasteiger partial charge on any atom is 0.253 e. The molecule has 2 aromatic rings. The SMILES string of the molecule is CC(C)Nc1ccccc1C(=O)NCc1ncon1. The number of nitrogens with one attached hydrogen (secondary N) is 2. The summed E-state index contributed by atoms with van der Waals surface area (Å²) >= 11 is 0. The Kier molecular flexibility index (Phi) is 4.12. The van der Waals surface area contributed by atoms with Gasteiger partial charge in [0, 0.05) is 11.7 Å². The van der Waals surface area contributed by atoms with Gasteiger partial charge in [-0.15, -0.1) is 0 Å². The van der Waals surface area contributed by atoms with Gasteiger partial charge in [-0.2, -0.15) is 4.98 Å². The summed E-state index contributed by atoms with van der Waals surface area (Å²) < 4.78 is 4.60. The van der Waals surface area contributed by atoms with Gasteiger partial charge in [-0.25, -0.2) is 0 Å². The maximum absolute atomic E-state index is 12.1. The molecule has 19 heavy (non-hydrogen) atoms. The third-order valence-electron chi connectivity index (χ3n) is 2.43. The van der Waals surface area contributed by atoms with Crippen molar-refractivity contribution < 1.29 is 9.32 Å². The average molecular weight is 260 g/mol. The largest absolute Gasteiger partial charge is 0.382 e. The summed E-state index contributed by atoms with van der Waals surface area (Å²) in [6, 6.07) is 7.63. The molecule has 1 aromatic heterocycles. The van der Waals surface area contributed by atoms with E-state index in [2.05, 4.69) is 25.3 Å². The maximum atomic E-state index is 12.1. The molecular formula is C13H16N4O2. The summed E-state index contributed by atoms with van der Waals surface area (Å²) in [6.07, 6.45) is 1.23. The standard InChI is InChI=1S/C13H16N4O2/c1-9(2)16-11-6-4-3-5-10(11)13(18)14-7-12-15-8-19-17-12/h3-6,8-9,16H,7H2,1-2H3,(H,14,18). The molecule has 2 rings (SSSR count). The lowest BCUT2D eigenvalue weighted by Crippen LogP contribution is -2.25. The van der Waals surface area contributed by atoms with Crippen molar-refractivity contribution in [3.8, 4) is 0 Å². The first-order valence-corrected chi connectivity index (χ1v) is 6.06. The molecule has 6 heteroatoms. The number of carbonyl (C=O) groups excluding carboxylic acids is 1. The Bertz CT molecular complexity index is 537. The first-order valence-electron chi connectivity index (χ1n) is 6.06. The van der Waals surface area contributed by atoms with Crippen LogP contribution < -0.4 is 10.6 Å². The Labute approximate surface area is 111 Å². The third kappa shape index (κ3) is 3.54. The number of nitrogens with zero attached hydrogens (tertiary/aromatic N) is 2. The highest BCUT2D eigenvalue weighted by molar-refractivity contribution is 5.99. The molecule has 1 aromatic carbocycles. The molecular weight excluding hydrogens is 244 g/mol. The van der Waals surface area contributed by atoms with E-state index >= 15 is 0 Å². The van der Waals surface area contributed by atoms with E-state index < -0.39 is 0 Å². The molecule has 1 amide bonds. The molecule has 0 aliphatic carbocycles. The summed E-state index contributed by atoms with van der Waals surface area (Å²) in [5.74, 6) is 0.274. The van der Waals surface area contributed by atoms with Gasteiger partial charge < -0.3 is 15.2 Å². The second kappa shape index (κ2) is 5.99. The van der Waals surface area contributed by atoms with E-state index in [9.17, 15) is 4.79 Å². The minimum absolute atomic E-state index is 0.173. The van der Waals surface area contributed by atoms with Crippen molar-refractivity contribution in [2.75, 3.05) is 5.32 Å². The van der Waals surface area contributed by atoms with E-state index in [1.54, 1.807) is 6.07 Å².